The number of nitrogens with one attached hydrogen (secondary N) is 16. The summed E-state index contributed by atoms with van der Waals surface area (Å²) in [6.07, 6.45) is 3.22. The number of fused-ring (bicyclic) bond motifs is 9. The highest BCUT2D eigenvalue weighted by atomic mass is 16.4. The Morgan fingerprint density at radius 3 is 1.54 bits per heavy atom. The molecule has 2 bridgehead atoms. The predicted octanol–water partition coefficient (Wildman–Crippen LogP) is -1.44. The number of carboxylic acids is 2. The molecule has 2 fully saturated rings. The summed E-state index contributed by atoms with van der Waals surface area (Å²) in [6, 6.07) is -8.26. The topological polar surface area (TPSA) is 574 Å². The molecule has 0 spiro atoms. The molecule has 0 radical (unpaired) electrons. The van der Waals surface area contributed by atoms with Gasteiger partial charge < -0.3 is 109 Å². The lowest BCUT2D eigenvalue weighted by Crippen LogP contribution is -2.62. The fourth-order valence-electron chi connectivity index (χ4n) is 15.2. The van der Waals surface area contributed by atoms with Crippen LogP contribution >= 0.6 is 0 Å². The van der Waals surface area contributed by atoms with Crippen LogP contribution in [0.4, 0.5) is 0 Å². The monoisotopic (exact) mass is 1680 g/mol. The number of aliphatic hydroxyl groups is 1. The molecule has 0 unspecified atom stereocenters. The summed E-state index contributed by atoms with van der Waals surface area (Å²) >= 11 is 0. The fraction of sp³-hybridized carbons (Fsp3) is 0.537. The van der Waals surface area contributed by atoms with Crippen LogP contribution in [-0.4, -0.2) is 256 Å². The van der Waals surface area contributed by atoms with Gasteiger partial charge >= 0.3 is 11.9 Å². The van der Waals surface area contributed by atoms with Crippen LogP contribution in [0.2, 0.25) is 0 Å². The summed E-state index contributed by atoms with van der Waals surface area (Å²) in [5.41, 5.74) is 2.55. The highest BCUT2D eigenvalue weighted by Crippen LogP contribution is 2.28. The number of aliphatic hydroxyl groups excluding tert-OH is 1. The first kappa shape index (κ1) is 92.3. The lowest BCUT2D eigenvalue weighted by atomic mass is 9.98. The van der Waals surface area contributed by atoms with Crippen molar-refractivity contribution in [1.82, 2.24) is 98.9 Å². The minimum absolute atomic E-state index is 0.0189. The molecular weight excluding hydrogens is 1570 g/mol. The van der Waals surface area contributed by atoms with Gasteiger partial charge in [0.15, 0.2) is 0 Å². The van der Waals surface area contributed by atoms with Gasteiger partial charge in [0.1, 0.15) is 84.6 Å². The van der Waals surface area contributed by atoms with E-state index < -0.39 is 236 Å². The van der Waals surface area contributed by atoms with Gasteiger partial charge in [-0.2, -0.15) is 0 Å². The van der Waals surface area contributed by atoms with E-state index in [0.717, 1.165) is 4.90 Å². The summed E-state index contributed by atoms with van der Waals surface area (Å²) in [5.74, 6) is -19.1. The van der Waals surface area contributed by atoms with Gasteiger partial charge in [0.05, 0.1) is 25.4 Å². The number of rotatable bonds is 17. The number of imidazole rings is 1. The minimum Gasteiger partial charge on any atom is -0.481 e. The molecule has 0 aliphatic carbocycles. The van der Waals surface area contributed by atoms with Crippen molar-refractivity contribution in [3.05, 3.63) is 102 Å². The van der Waals surface area contributed by atoms with Crippen LogP contribution < -0.4 is 69.1 Å². The maximum Gasteiger partial charge on any atom is 0.305 e. The van der Waals surface area contributed by atoms with Crippen LogP contribution in [0, 0.1) is 17.8 Å². The van der Waals surface area contributed by atoms with E-state index in [1.54, 1.807) is 102 Å². The molecule has 4 aliphatic heterocycles. The van der Waals surface area contributed by atoms with Gasteiger partial charge in [0, 0.05) is 84.9 Å². The van der Waals surface area contributed by atoms with E-state index >= 15 is 19.2 Å². The zero-order valence-electron chi connectivity index (χ0n) is 68.8. The number of aromatic nitrogens is 4. The Morgan fingerprint density at radius 2 is 0.967 bits per heavy atom. The van der Waals surface area contributed by atoms with Gasteiger partial charge in [0.25, 0.3) is 0 Å². The number of aromatic amines is 3. The molecule has 9 rings (SSSR count). The Morgan fingerprint density at radius 1 is 0.471 bits per heavy atom. The zero-order chi connectivity index (χ0) is 88.1. The molecule has 654 valence electrons. The molecule has 15 atom stereocenters. The number of H-pyrrole nitrogens is 3. The van der Waals surface area contributed by atoms with Crippen LogP contribution in [-0.2, 0) is 101 Å². The van der Waals surface area contributed by atoms with E-state index in [9.17, 15) is 77.6 Å². The molecule has 19 N–H and O–H groups in total. The third-order valence-corrected chi connectivity index (χ3v) is 21.6. The average molecular weight is 1680 g/mol. The molecule has 15 amide bonds. The summed E-state index contributed by atoms with van der Waals surface area (Å²) in [4.78, 5) is 262. The Labute approximate surface area is 697 Å². The predicted molar refractivity (Wildman–Crippen MR) is 435 cm³/mol. The third kappa shape index (κ3) is 25.5. The number of hydrogen-bond donors (Lipinski definition) is 19. The van der Waals surface area contributed by atoms with Crippen molar-refractivity contribution in [2.24, 2.45) is 17.8 Å². The quantitative estimate of drug-likeness (QED) is 0.0474. The van der Waals surface area contributed by atoms with E-state index in [2.05, 4.69) is 89.1 Å². The van der Waals surface area contributed by atoms with Crippen molar-refractivity contribution >= 4 is 122 Å². The molecule has 4 aliphatic rings. The molecular formula is C82H111N19O20. The van der Waals surface area contributed by atoms with Gasteiger partial charge in [0.2, 0.25) is 88.6 Å². The standard InChI is InChI=1S/C82H111N19O20/c1-41(2)30-56-70(109)86-39-64(103)89-55(26-27-65(104)105)72(111)94-57(31-42(3)4)78(117)98-67(43(5)6)80(119)97-59(33-47-37-85-52-21-15-13-19-50(47)52)74(113)91-54-23-11-9-10-22-53(90-77(116)61(35-66(106)107)96-79(118)62-24-16-28-100(62)81(120)63-25-17-29-101(63)82(121)68(45(8)102)99-73(54)112)71(110)88-44(7)69(108)92-58(32-46-36-84-51-20-14-12-18-49(46)51)75(114)95-60(76(115)93-56)34-48-38-83-40-87-48/h9,11-15,18-21,36-38,40-45,53-63,67-68,84-85,102H,10,16-17,22-35,39H2,1-8H3,(H,83,87)(H,86,109)(H,88,110)(H,89,103)(H,90,116)(H,91,113)(H,92,108)(H,93,115)(H,94,111)(H,95,114)(H,96,118)(H,97,119)(H,98,117)(H,99,112)(H,104,105)(H,106,107)/b11-9+/t44-,45+,53-,54-,55-,56-,57-,58-,59-,60-,61-,62-,63+,67-,68-/m0/s1. The smallest absolute Gasteiger partial charge is 0.305 e. The molecule has 0 saturated carbocycles. The first-order chi connectivity index (χ1) is 57.5. The normalized spacial score (nSPS) is 26.6. The number of allylic oxidation sites excluding steroid dienone is 1. The Kier molecular flexibility index (Phi) is 32.7. The lowest BCUT2D eigenvalue weighted by molar-refractivity contribution is -0.149. The van der Waals surface area contributed by atoms with Gasteiger partial charge in [-0.15, -0.1) is 0 Å². The largest absolute Gasteiger partial charge is 0.481 e. The maximum absolute atomic E-state index is 15.4. The van der Waals surface area contributed by atoms with Crippen molar-refractivity contribution in [3.63, 3.8) is 0 Å². The number of aliphatic carboxylic acids is 2. The number of benzene rings is 2. The lowest BCUT2D eigenvalue weighted by Gasteiger charge is -2.34. The number of para-hydroxylation sites is 2. The molecule has 7 heterocycles. The number of amides is 15. The number of hydrogen-bond acceptors (Lipinski definition) is 19. The minimum atomic E-state index is -1.92. The van der Waals surface area contributed by atoms with Crippen molar-refractivity contribution in [3.8, 4) is 0 Å². The van der Waals surface area contributed by atoms with Gasteiger partial charge in [-0.05, 0) is 119 Å². The zero-order valence-corrected chi connectivity index (χ0v) is 68.8. The van der Waals surface area contributed by atoms with Crippen LogP contribution in [0.1, 0.15) is 149 Å². The third-order valence-electron chi connectivity index (χ3n) is 21.6. The first-order valence-electron chi connectivity index (χ1n) is 40.9. The molecule has 39 heteroatoms. The molecule has 2 saturated heterocycles. The second-order valence-corrected chi connectivity index (χ2v) is 32.4. The molecule has 39 nitrogen and oxygen atoms in total. The Bertz CT molecular complexity index is 4650. The highest BCUT2D eigenvalue weighted by molar-refractivity contribution is 6.02. The average Bonchev–Trinajstić information content (AvgIpc) is 1.67. The van der Waals surface area contributed by atoms with Crippen LogP contribution in [0.15, 0.2) is 85.6 Å². The SMILES string of the molecule is CC(C)C[C@@H]1NC(=O)[C@H](Cc2cnc[nH]2)NC(=O)[C@H](Cc2c[nH]c3ccccc23)NC(=O)[C@H](C)NC(=O)[C@@H]2CC/C=C/C[C@H](NC(=O)[C@H](Cc3c[nH]c4ccccc34)NC(=O)[C@H](C(C)C)NC(=O)[C@H](CC(C)C)NC(=O)[C@H](CCC(=O)O)NC(=O)CNC1=O)C(=O)N[C@@H]([C@@H](C)O)C(=O)N1CCC[C@@H]1C(=O)N1CCC[C@H]1C(=O)N[C@@H](CC(=O)O)C(=O)N2. The second-order valence-electron chi connectivity index (χ2n) is 32.4. The van der Waals surface area contributed by atoms with Crippen LogP contribution in [0.3, 0.4) is 0 Å². The van der Waals surface area contributed by atoms with E-state index in [1.807, 2.05) is 0 Å². The Hall–Kier alpha value is -12.6. The van der Waals surface area contributed by atoms with E-state index in [4.69, 9.17) is 0 Å². The van der Waals surface area contributed by atoms with E-state index in [-0.39, 0.29) is 89.1 Å². The fourth-order valence-corrected chi connectivity index (χ4v) is 15.2. The first-order valence-corrected chi connectivity index (χ1v) is 40.9. The summed E-state index contributed by atoms with van der Waals surface area (Å²) in [6.45, 7) is 11.6. The van der Waals surface area contributed by atoms with Crippen molar-refractivity contribution in [2.75, 3.05) is 19.6 Å². The van der Waals surface area contributed by atoms with E-state index in [1.165, 1.54) is 43.4 Å². The maximum atomic E-state index is 15.4. The van der Waals surface area contributed by atoms with Crippen LogP contribution in [0.5, 0.6) is 0 Å². The highest BCUT2D eigenvalue weighted by Gasteiger charge is 2.47. The van der Waals surface area contributed by atoms with Crippen molar-refractivity contribution in [1.29, 1.82) is 0 Å². The van der Waals surface area contributed by atoms with Crippen molar-refractivity contribution < 1.29 is 96.8 Å². The summed E-state index contributed by atoms with van der Waals surface area (Å²) in [7, 11) is 0. The Balaban J connectivity index is 1.13. The van der Waals surface area contributed by atoms with E-state index in [0.29, 0.717) is 38.6 Å². The van der Waals surface area contributed by atoms with Crippen LogP contribution in [0.25, 0.3) is 21.8 Å². The number of nitrogens with zero attached hydrogens (tertiary/aromatic N) is 3. The number of carbonyl (C=O) groups is 17. The van der Waals surface area contributed by atoms with Gasteiger partial charge in [-0.25, -0.2) is 4.98 Å². The van der Waals surface area contributed by atoms with Crippen molar-refractivity contribution in [2.45, 2.75) is 242 Å². The summed E-state index contributed by atoms with van der Waals surface area (Å²) in [5, 5.41) is 66.7. The summed E-state index contributed by atoms with van der Waals surface area (Å²) < 4.78 is 0. The molecule has 121 heavy (non-hydrogen) atoms. The van der Waals surface area contributed by atoms with Gasteiger partial charge in [-0.1, -0.05) is 90.1 Å². The molecule has 5 aromatic rings. The molecule has 2 aromatic carbocycles. The van der Waals surface area contributed by atoms with Gasteiger partial charge in [-0.3, -0.25) is 81.5 Å². The number of carbonyl (C=O) groups excluding carboxylic acids is 15. The molecule has 3 aromatic heterocycles. The second kappa shape index (κ2) is 42.9. The number of carboxylic acid groups (broad SMARTS) is 2.